The SMILES string of the molecule is CC(C)(C(=O)O)c1ccc(F)cc1OC[C@@H](O)CNC1CCN(Cc2ccc(Cl)cc2)CC1. The van der Waals surface area contributed by atoms with Crippen LogP contribution in [0.1, 0.15) is 37.8 Å². The Hall–Kier alpha value is -2.19. The Labute approximate surface area is 199 Å². The molecule has 2 aromatic carbocycles. The number of ether oxygens (including phenoxy) is 1. The summed E-state index contributed by atoms with van der Waals surface area (Å²) in [6.45, 7) is 6.17. The molecule has 1 aliphatic rings. The zero-order valence-corrected chi connectivity index (χ0v) is 19.8. The van der Waals surface area contributed by atoms with Gasteiger partial charge in [0.2, 0.25) is 0 Å². The first kappa shape index (κ1) is 25.4. The number of aliphatic hydroxyl groups is 1. The van der Waals surface area contributed by atoms with E-state index in [1.54, 1.807) is 0 Å². The lowest BCUT2D eigenvalue weighted by Gasteiger charge is -2.33. The smallest absolute Gasteiger partial charge is 0.313 e. The topological polar surface area (TPSA) is 82.0 Å². The predicted molar refractivity (Wildman–Crippen MR) is 126 cm³/mol. The van der Waals surface area contributed by atoms with E-state index in [1.165, 1.54) is 31.5 Å². The summed E-state index contributed by atoms with van der Waals surface area (Å²) in [5.41, 5.74) is 0.359. The fraction of sp³-hybridized carbons (Fsp3) is 0.480. The van der Waals surface area contributed by atoms with E-state index in [-0.39, 0.29) is 12.4 Å². The Morgan fingerprint density at radius 3 is 2.55 bits per heavy atom. The van der Waals surface area contributed by atoms with Gasteiger partial charge < -0.3 is 20.3 Å². The number of nitrogens with zero attached hydrogens (tertiary/aromatic N) is 1. The summed E-state index contributed by atoms with van der Waals surface area (Å²) in [4.78, 5) is 14.0. The maximum atomic E-state index is 13.7. The van der Waals surface area contributed by atoms with Gasteiger partial charge in [-0.1, -0.05) is 29.8 Å². The lowest BCUT2D eigenvalue weighted by molar-refractivity contribution is -0.142. The minimum atomic E-state index is -1.24. The average Bonchev–Trinajstić information content (AvgIpc) is 2.78. The zero-order chi connectivity index (χ0) is 24.0. The molecule has 8 heteroatoms. The molecule has 1 fully saturated rings. The number of carboxylic acids is 1. The number of benzene rings is 2. The summed E-state index contributed by atoms with van der Waals surface area (Å²) in [6.07, 6.45) is 1.14. The number of carbonyl (C=O) groups is 1. The number of likely N-dealkylation sites (tertiary alicyclic amines) is 1. The number of carboxylic acid groups (broad SMARTS) is 1. The van der Waals surface area contributed by atoms with E-state index in [9.17, 15) is 19.4 Å². The largest absolute Gasteiger partial charge is 0.490 e. The zero-order valence-electron chi connectivity index (χ0n) is 19.1. The summed E-state index contributed by atoms with van der Waals surface area (Å²) in [7, 11) is 0. The molecule has 1 atom stereocenters. The van der Waals surface area contributed by atoms with Crippen LogP contribution in [0.3, 0.4) is 0 Å². The van der Waals surface area contributed by atoms with Crippen molar-refractivity contribution in [1.82, 2.24) is 10.2 Å². The minimum Gasteiger partial charge on any atom is -0.490 e. The lowest BCUT2D eigenvalue weighted by Crippen LogP contribution is -2.45. The van der Waals surface area contributed by atoms with Gasteiger partial charge in [0.05, 0.1) is 5.41 Å². The number of rotatable bonds is 10. The number of hydrogen-bond acceptors (Lipinski definition) is 5. The third kappa shape index (κ3) is 7.14. The summed E-state index contributed by atoms with van der Waals surface area (Å²) in [6, 6.07) is 12.0. The van der Waals surface area contributed by atoms with Gasteiger partial charge in [0.1, 0.15) is 24.3 Å². The van der Waals surface area contributed by atoms with E-state index >= 15 is 0 Å². The van der Waals surface area contributed by atoms with Gasteiger partial charge in [-0.15, -0.1) is 0 Å². The van der Waals surface area contributed by atoms with E-state index in [4.69, 9.17) is 16.3 Å². The van der Waals surface area contributed by atoms with Gasteiger partial charge in [-0.2, -0.15) is 0 Å². The summed E-state index contributed by atoms with van der Waals surface area (Å²) >= 11 is 5.95. The first-order chi connectivity index (χ1) is 15.6. The van der Waals surface area contributed by atoms with Crippen LogP contribution in [0.25, 0.3) is 0 Å². The predicted octanol–water partition coefficient (Wildman–Crippen LogP) is 3.84. The number of hydrogen-bond donors (Lipinski definition) is 3. The molecule has 3 rings (SSSR count). The number of halogens is 2. The van der Waals surface area contributed by atoms with Crippen molar-refractivity contribution in [2.75, 3.05) is 26.2 Å². The summed E-state index contributed by atoms with van der Waals surface area (Å²) in [5.74, 6) is -1.42. The number of aliphatic carboxylic acids is 1. The molecular weight excluding hydrogens is 447 g/mol. The number of nitrogens with one attached hydrogen (secondary N) is 1. The summed E-state index contributed by atoms with van der Waals surface area (Å²) in [5, 5.41) is 24.0. The van der Waals surface area contributed by atoms with Gasteiger partial charge >= 0.3 is 5.97 Å². The first-order valence-electron chi connectivity index (χ1n) is 11.2. The maximum Gasteiger partial charge on any atom is 0.313 e. The van der Waals surface area contributed by atoms with Crippen LogP contribution in [0.15, 0.2) is 42.5 Å². The highest BCUT2D eigenvalue weighted by Gasteiger charge is 2.33. The number of piperidine rings is 1. The van der Waals surface area contributed by atoms with Crippen LogP contribution >= 0.6 is 11.6 Å². The third-order valence-electron chi connectivity index (χ3n) is 6.13. The van der Waals surface area contributed by atoms with Gasteiger partial charge in [-0.05, 0) is 63.5 Å². The normalized spacial score (nSPS) is 16.5. The molecule has 33 heavy (non-hydrogen) atoms. The molecule has 0 aliphatic carbocycles. The molecule has 0 bridgehead atoms. The van der Waals surface area contributed by atoms with Gasteiger partial charge in [0.15, 0.2) is 0 Å². The van der Waals surface area contributed by atoms with Crippen LogP contribution in [0.2, 0.25) is 5.02 Å². The summed E-state index contributed by atoms with van der Waals surface area (Å²) < 4.78 is 19.4. The molecule has 0 amide bonds. The van der Waals surface area contributed by atoms with Crippen LogP contribution < -0.4 is 10.1 Å². The average molecular weight is 479 g/mol. The third-order valence-corrected chi connectivity index (χ3v) is 6.38. The highest BCUT2D eigenvalue weighted by Crippen LogP contribution is 2.32. The molecule has 180 valence electrons. The van der Waals surface area contributed by atoms with E-state index < -0.39 is 23.3 Å². The van der Waals surface area contributed by atoms with Crippen molar-refractivity contribution in [1.29, 1.82) is 0 Å². The van der Waals surface area contributed by atoms with Gasteiger partial charge in [0, 0.05) is 35.8 Å². The highest BCUT2D eigenvalue weighted by atomic mass is 35.5. The Bertz CT molecular complexity index is 931. The van der Waals surface area contributed by atoms with Crippen molar-refractivity contribution < 1.29 is 24.1 Å². The van der Waals surface area contributed by atoms with Crippen LogP contribution in [-0.4, -0.2) is 59.5 Å². The monoisotopic (exact) mass is 478 g/mol. The Balaban J connectivity index is 1.43. The highest BCUT2D eigenvalue weighted by molar-refractivity contribution is 6.30. The minimum absolute atomic E-state index is 0.0609. The second-order valence-electron chi connectivity index (χ2n) is 9.12. The second-order valence-corrected chi connectivity index (χ2v) is 9.56. The van der Waals surface area contributed by atoms with Gasteiger partial charge in [-0.3, -0.25) is 9.69 Å². The lowest BCUT2D eigenvalue weighted by atomic mass is 9.84. The fourth-order valence-electron chi connectivity index (χ4n) is 3.94. The van der Waals surface area contributed by atoms with E-state index in [2.05, 4.69) is 10.2 Å². The Kier molecular flexibility index (Phi) is 8.70. The molecule has 3 N–H and O–H groups in total. The second kappa shape index (κ2) is 11.3. The Morgan fingerprint density at radius 2 is 1.91 bits per heavy atom. The quantitative estimate of drug-likeness (QED) is 0.481. The molecule has 1 heterocycles. The van der Waals surface area contributed by atoms with E-state index in [0.717, 1.165) is 43.6 Å². The van der Waals surface area contributed by atoms with Crippen LogP contribution in [0.5, 0.6) is 5.75 Å². The molecule has 6 nitrogen and oxygen atoms in total. The first-order valence-corrected chi connectivity index (χ1v) is 11.6. The van der Waals surface area contributed by atoms with Crippen molar-refractivity contribution in [2.45, 2.75) is 50.8 Å². The number of aliphatic hydroxyl groups excluding tert-OH is 1. The van der Waals surface area contributed by atoms with Gasteiger partial charge in [-0.25, -0.2) is 4.39 Å². The van der Waals surface area contributed by atoms with E-state index in [1.807, 2.05) is 24.3 Å². The Morgan fingerprint density at radius 1 is 1.24 bits per heavy atom. The molecule has 0 radical (unpaired) electrons. The van der Waals surface area contributed by atoms with Crippen molar-refractivity contribution in [3.8, 4) is 5.75 Å². The van der Waals surface area contributed by atoms with E-state index in [0.29, 0.717) is 18.2 Å². The molecular formula is C25H32ClFN2O4. The van der Waals surface area contributed by atoms with Crippen LogP contribution in [-0.2, 0) is 16.8 Å². The maximum absolute atomic E-state index is 13.7. The molecule has 0 unspecified atom stereocenters. The molecule has 2 aromatic rings. The molecule has 0 saturated carbocycles. The van der Waals surface area contributed by atoms with Gasteiger partial charge in [0.25, 0.3) is 0 Å². The van der Waals surface area contributed by atoms with Crippen molar-refractivity contribution >= 4 is 17.6 Å². The van der Waals surface area contributed by atoms with Crippen molar-refractivity contribution in [2.24, 2.45) is 0 Å². The molecule has 0 aromatic heterocycles. The van der Waals surface area contributed by atoms with Crippen LogP contribution in [0.4, 0.5) is 4.39 Å². The van der Waals surface area contributed by atoms with Crippen LogP contribution in [0, 0.1) is 5.82 Å². The standard InChI is InChI=1S/C25H32ClFN2O4/c1-25(2,24(31)32)22-8-7-19(27)13-23(22)33-16-21(30)14-28-20-9-11-29(12-10-20)15-17-3-5-18(26)6-4-17/h3-8,13,20-21,28,30H,9-12,14-16H2,1-2H3,(H,31,32)/t21-/m0/s1. The fourth-order valence-corrected chi connectivity index (χ4v) is 4.06. The van der Waals surface area contributed by atoms with Crippen molar-refractivity contribution in [3.05, 3.63) is 64.4 Å². The molecule has 1 saturated heterocycles. The molecule has 1 aliphatic heterocycles. The van der Waals surface area contributed by atoms with Crippen molar-refractivity contribution in [3.63, 3.8) is 0 Å². The molecule has 0 spiro atoms.